The van der Waals surface area contributed by atoms with E-state index in [-0.39, 0.29) is 18.2 Å². The topological polar surface area (TPSA) is 58.2 Å². The predicted octanol–water partition coefficient (Wildman–Crippen LogP) is 4.54. The van der Waals surface area contributed by atoms with E-state index < -0.39 is 5.25 Å². The van der Waals surface area contributed by atoms with Crippen LogP contribution in [0.15, 0.2) is 51.8 Å². The van der Waals surface area contributed by atoms with E-state index in [1.807, 2.05) is 18.2 Å². The minimum atomic E-state index is -0.467. The standard InChI is InChI=1S/C16H12BrClN2O2S/c17-9-5-6-13-12(7-9)20-16(22)14(23-13)8-15(21)19-11-4-2-1-3-10(11)18/h1-7,14H,8H2,(H,19,21)(H,20,22). The number of rotatable bonds is 3. The van der Waals surface area contributed by atoms with Crippen molar-refractivity contribution in [2.24, 2.45) is 0 Å². The van der Waals surface area contributed by atoms with Crippen molar-refractivity contribution in [3.63, 3.8) is 0 Å². The second kappa shape index (κ2) is 6.95. The molecule has 7 heteroatoms. The molecule has 2 amide bonds. The van der Waals surface area contributed by atoms with Crippen molar-refractivity contribution >= 4 is 62.5 Å². The van der Waals surface area contributed by atoms with E-state index in [0.717, 1.165) is 15.1 Å². The Bertz CT molecular complexity index is 784. The van der Waals surface area contributed by atoms with Gasteiger partial charge < -0.3 is 10.6 Å². The highest BCUT2D eigenvalue weighted by atomic mass is 79.9. The number of fused-ring (bicyclic) bond motifs is 1. The zero-order chi connectivity index (χ0) is 16.4. The van der Waals surface area contributed by atoms with Gasteiger partial charge in [0.05, 0.1) is 21.6 Å². The second-order valence-electron chi connectivity index (χ2n) is 4.97. The lowest BCUT2D eigenvalue weighted by Crippen LogP contribution is -2.32. The van der Waals surface area contributed by atoms with Gasteiger partial charge in [-0.15, -0.1) is 11.8 Å². The first kappa shape index (κ1) is 16.4. The molecular formula is C16H12BrClN2O2S. The van der Waals surface area contributed by atoms with Gasteiger partial charge in [0.15, 0.2) is 0 Å². The number of hydrogen-bond donors (Lipinski definition) is 2. The Labute approximate surface area is 151 Å². The van der Waals surface area contributed by atoms with Crippen LogP contribution in [0.4, 0.5) is 11.4 Å². The number of carbonyl (C=O) groups is 2. The molecule has 0 bridgehead atoms. The molecule has 2 aromatic carbocycles. The first-order chi connectivity index (χ1) is 11.0. The van der Waals surface area contributed by atoms with Gasteiger partial charge in [0.25, 0.3) is 0 Å². The third-order valence-electron chi connectivity index (χ3n) is 3.28. The summed E-state index contributed by atoms with van der Waals surface area (Å²) in [6.07, 6.45) is 0.0806. The minimum absolute atomic E-state index is 0.0806. The molecule has 0 saturated heterocycles. The first-order valence-corrected chi connectivity index (χ1v) is 8.89. The molecule has 1 unspecified atom stereocenters. The second-order valence-corrected chi connectivity index (χ2v) is 7.54. The van der Waals surface area contributed by atoms with Gasteiger partial charge in [0, 0.05) is 15.8 Å². The van der Waals surface area contributed by atoms with Gasteiger partial charge in [-0.3, -0.25) is 9.59 Å². The third kappa shape index (κ3) is 3.88. The van der Waals surface area contributed by atoms with Crippen LogP contribution in [0.5, 0.6) is 0 Å². The fourth-order valence-electron chi connectivity index (χ4n) is 2.19. The molecule has 0 saturated carbocycles. The molecule has 118 valence electrons. The predicted molar refractivity (Wildman–Crippen MR) is 97.1 cm³/mol. The third-order valence-corrected chi connectivity index (χ3v) is 5.38. The monoisotopic (exact) mass is 410 g/mol. The molecule has 2 aromatic rings. The van der Waals surface area contributed by atoms with Gasteiger partial charge in [0.1, 0.15) is 0 Å². The van der Waals surface area contributed by atoms with Crippen LogP contribution in [0.3, 0.4) is 0 Å². The van der Waals surface area contributed by atoms with E-state index in [2.05, 4.69) is 26.6 Å². The molecular weight excluding hydrogens is 400 g/mol. The molecule has 0 radical (unpaired) electrons. The van der Waals surface area contributed by atoms with Crippen LogP contribution in [-0.4, -0.2) is 17.1 Å². The largest absolute Gasteiger partial charge is 0.325 e. The number of amides is 2. The summed E-state index contributed by atoms with van der Waals surface area (Å²) in [7, 11) is 0. The number of thioether (sulfide) groups is 1. The first-order valence-electron chi connectivity index (χ1n) is 6.84. The van der Waals surface area contributed by atoms with Crippen LogP contribution in [0.1, 0.15) is 6.42 Å². The van der Waals surface area contributed by atoms with Crippen LogP contribution in [0.25, 0.3) is 0 Å². The normalized spacial score (nSPS) is 16.4. The van der Waals surface area contributed by atoms with Gasteiger partial charge in [-0.05, 0) is 30.3 Å². The lowest BCUT2D eigenvalue weighted by molar-refractivity contribution is -0.120. The molecule has 1 heterocycles. The number of para-hydroxylation sites is 1. The number of nitrogens with one attached hydrogen (secondary N) is 2. The zero-order valence-corrected chi connectivity index (χ0v) is 15.0. The Hall–Kier alpha value is -1.50. The van der Waals surface area contributed by atoms with E-state index >= 15 is 0 Å². The molecule has 2 N–H and O–H groups in total. The van der Waals surface area contributed by atoms with Crippen molar-refractivity contribution in [3.05, 3.63) is 52.0 Å². The fraction of sp³-hybridized carbons (Fsp3) is 0.125. The Kier molecular flexibility index (Phi) is 4.94. The number of halogens is 2. The number of anilines is 2. The molecule has 0 spiro atoms. The Morgan fingerprint density at radius 1 is 1.30 bits per heavy atom. The SMILES string of the molecule is O=C(CC1Sc2ccc(Br)cc2NC1=O)Nc1ccccc1Cl. The summed E-state index contributed by atoms with van der Waals surface area (Å²) in [6, 6.07) is 12.7. The highest BCUT2D eigenvalue weighted by Crippen LogP contribution is 2.38. The molecule has 0 aliphatic carbocycles. The van der Waals surface area contributed by atoms with E-state index in [9.17, 15) is 9.59 Å². The maximum atomic E-state index is 12.2. The quantitative estimate of drug-likeness (QED) is 0.779. The highest BCUT2D eigenvalue weighted by Gasteiger charge is 2.29. The molecule has 23 heavy (non-hydrogen) atoms. The van der Waals surface area contributed by atoms with Crippen LogP contribution < -0.4 is 10.6 Å². The van der Waals surface area contributed by atoms with Crippen molar-refractivity contribution in [1.29, 1.82) is 0 Å². The van der Waals surface area contributed by atoms with Gasteiger partial charge in [-0.2, -0.15) is 0 Å². The summed E-state index contributed by atoms with van der Waals surface area (Å²) in [5.41, 5.74) is 1.31. The molecule has 0 aromatic heterocycles. The summed E-state index contributed by atoms with van der Waals surface area (Å²) in [6.45, 7) is 0. The summed E-state index contributed by atoms with van der Waals surface area (Å²) < 4.78 is 0.895. The van der Waals surface area contributed by atoms with Gasteiger partial charge in [0.2, 0.25) is 11.8 Å². The zero-order valence-electron chi connectivity index (χ0n) is 11.8. The van der Waals surface area contributed by atoms with Gasteiger partial charge in [-0.25, -0.2) is 0 Å². The average molecular weight is 412 g/mol. The number of benzene rings is 2. The Morgan fingerprint density at radius 2 is 2.09 bits per heavy atom. The smallest absolute Gasteiger partial charge is 0.238 e. The van der Waals surface area contributed by atoms with Gasteiger partial charge >= 0.3 is 0 Å². The maximum Gasteiger partial charge on any atom is 0.238 e. The summed E-state index contributed by atoms with van der Waals surface area (Å²) >= 11 is 10.8. The van der Waals surface area contributed by atoms with Crippen molar-refractivity contribution in [1.82, 2.24) is 0 Å². The lowest BCUT2D eigenvalue weighted by atomic mass is 10.2. The minimum Gasteiger partial charge on any atom is -0.325 e. The fourth-order valence-corrected chi connectivity index (χ4v) is 3.82. The number of hydrogen-bond acceptors (Lipinski definition) is 3. The van der Waals surface area contributed by atoms with Crippen LogP contribution >= 0.6 is 39.3 Å². The molecule has 0 fully saturated rings. The molecule has 4 nitrogen and oxygen atoms in total. The van der Waals surface area contributed by atoms with Crippen molar-refractivity contribution < 1.29 is 9.59 Å². The van der Waals surface area contributed by atoms with E-state index in [0.29, 0.717) is 10.7 Å². The summed E-state index contributed by atoms with van der Waals surface area (Å²) in [4.78, 5) is 25.3. The molecule has 1 aliphatic rings. The summed E-state index contributed by atoms with van der Waals surface area (Å²) in [5, 5.41) is 5.58. The van der Waals surface area contributed by atoms with Crippen molar-refractivity contribution in [2.75, 3.05) is 10.6 Å². The van der Waals surface area contributed by atoms with Crippen molar-refractivity contribution in [3.8, 4) is 0 Å². The Morgan fingerprint density at radius 3 is 2.87 bits per heavy atom. The highest BCUT2D eigenvalue weighted by molar-refractivity contribution is 9.10. The van der Waals surface area contributed by atoms with Crippen LogP contribution in [0.2, 0.25) is 5.02 Å². The Balaban J connectivity index is 1.68. The van der Waals surface area contributed by atoms with Crippen LogP contribution in [0, 0.1) is 0 Å². The molecule has 3 rings (SSSR count). The van der Waals surface area contributed by atoms with E-state index in [1.54, 1.807) is 24.3 Å². The van der Waals surface area contributed by atoms with E-state index in [4.69, 9.17) is 11.6 Å². The number of carbonyl (C=O) groups excluding carboxylic acids is 2. The molecule has 1 aliphatic heterocycles. The summed E-state index contributed by atoms with van der Waals surface area (Å²) in [5.74, 6) is -0.416. The maximum absolute atomic E-state index is 12.2. The van der Waals surface area contributed by atoms with E-state index in [1.165, 1.54) is 11.8 Å². The average Bonchev–Trinajstić information content (AvgIpc) is 2.50. The van der Waals surface area contributed by atoms with Crippen molar-refractivity contribution in [2.45, 2.75) is 16.6 Å². The van der Waals surface area contributed by atoms with Gasteiger partial charge in [-0.1, -0.05) is 39.7 Å². The molecule has 1 atom stereocenters. The van der Waals surface area contributed by atoms with Crippen LogP contribution in [-0.2, 0) is 9.59 Å². The lowest BCUT2D eigenvalue weighted by Gasteiger charge is -2.24.